The summed E-state index contributed by atoms with van der Waals surface area (Å²) in [5.41, 5.74) is 3.95. The fourth-order valence-electron chi connectivity index (χ4n) is 3.89. The first-order valence-electron chi connectivity index (χ1n) is 11.7. The summed E-state index contributed by atoms with van der Waals surface area (Å²) in [4.78, 5) is 27.0. The SMILES string of the molecule is CCC(CC(=O)O)c1ccnc(N(Cc2ccccc2)c2ccc(CNc3ccccn3)cc2)n1. The second kappa shape index (κ2) is 11.7. The minimum Gasteiger partial charge on any atom is -0.481 e. The zero-order valence-electron chi connectivity index (χ0n) is 19.7. The van der Waals surface area contributed by atoms with Crippen LogP contribution in [0.2, 0.25) is 0 Å². The van der Waals surface area contributed by atoms with Crippen molar-refractivity contribution in [2.24, 2.45) is 0 Å². The number of hydrogen-bond acceptors (Lipinski definition) is 6. The third kappa shape index (κ3) is 6.63. The molecule has 0 aliphatic heterocycles. The van der Waals surface area contributed by atoms with Gasteiger partial charge in [0, 0.05) is 36.2 Å². The second-order valence-corrected chi connectivity index (χ2v) is 8.29. The Bertz CT molecular complexity index is 1220. The summed E-state index contributed by atoms with van der Waals surface area (Å²) in [6.45, 7) is 3.23. The number of aromatic nitrogens is 3. The van der Waals surface area contributed by atoms with Gasteiger partial charge in [-0.1, -0.05) is 55.5 Å². The van der Waals surface area contributed by atoms with Crippen molar-refractivity contribution in [2.45, 2.75) is 38.8 Å². The Labute approximate surface area is 205 Å². The van der Waals surface area contributed by atoms with E-state index < -0.39 is 5.97 Å². The minimum atomic E-state index is -0.826. The molecule has 0 spiro atoms. The number of anilines is 3. The standard InChI is InChI=1S/C28H29N5O2/c1-2-23(18-27(34)35)25-15-17-30-28(32-25)33(20-22-8-4-3-5-9-22)24-13-11-21(12-14-24)19-31-26-10-6-7-16-29-26/h3-17,23H,2,18-20H2,1H3,(H,29,31)(H,34,35). The quantitative estimate of drug-likeness (QED) is 0.288. The Balaban J connectivity index is 1.60. The third-order valence-corrected chi connectivity index (χ3v) is 5.81. The molecule has 0 saturated heterocycles. The number of hydrogen-bond donors (Lipinski definition) is 2. The van der Waals surface area contributed by atoms with E-state index in [1.807, 2.05) is 49.4 Å². The summed E-state index contributed by atoms with van der Waals surface area (Å²) in [5.74, 6) is 0.398. The van der Waals surface area contributed by atoms with Crippen LogP contribution in [0, 0.1) is 0 Å². The number of aliphatic carboxylic acids is 1. The largest absolute Gasteiger partial charge is 0.481 e. The fraction of sp³-hybridized carbons (Fsp3) is 0.214. The molecule has 0 radical (unpaired) electrons. The molecule has 2 aromatic heterocycles. The van der Waals surface area contributed by atoms with Gasteiger partial charge in [-0.3, -0.25) is 4.79 Å². The Morgan fingerprint density at radius 2 is 1.69 bits per heavy atom. The molecule has 0 bridgehead atoms. The van der Waals surface area contributed by atoms with Gasteiger partial charge in [-0.2, -0.15) is 0 Å². The maximum absolute atomic E-state index is 11.3. The first-order chi connectivity index (χ1) is 17.1. The van der Waals surface area contributed by atoms with Crippen molar-refractivity contribution in [3.05, 3.63) is 108 Å². The highest BCUT2D eigenvalue weighted by Crippen LogP contribution is 2.28. The van der Waals surface area contributed by atoms with Crippen molar-refractivity contribution in [3.63, 3.8) is 0 Å². The second-order valence-electron chi connectivity index (χ2n) is 8.29. The highest BCUT2D eigenvalue weighted by atomic mass is 16.4. The van der Waals surface area contributed by atoms with Crippen LogP contribution in [-0.4, -0.2) is 26.0 Å². The molecule has 1 unspecified atom stereocenters. The number of carboxylic acids is 1. The average molecular weight is 468 g/mol. The third-order valence-electron chi connectivity index (χ3n) is 5.81. The topological polar surface area (TPSA) is 91.2 Å². The molecular weight excluding hydrogens is 438 g/mol. The van der Waals surface area contributed by atoms with Crippen molar-refractivity contribution >= 4 is 23.4 Å². The van der Waals surface area contributed by atoms with Gasteiger partial charge in [-0.15, -0.1) is 0 Å². The fourth-order valence-corrected chi connectivity index (χ4v) is 3.89. The zero-order chi connectivity index (χ0) is 24.5. The van der Waals surface area contributed by atoms with Crippen molar-refractivity contribution in [1.29, 1.82) is 0 Å². The molecule has 35 heavy (non-hydrogen) atoms. The number of carbonyl (C=O) groups is 1. The lowest BCUT2D eigenvalue weighted by atomic mass is 9.98. The molecule has 0 aliphatic rings. The van der Waals surface area contributed by atoms with Gasteiger partial charge >= 0.3 is 5.97 Å². The number of pyridine rings is 1. The summed E-state index contributed by atoms with van der Waals surface area (Å²) >= 11 is 0. The van der Waals surface area contributed by atoms with E-state index in [2.05, 4.69) is 56.6 Å². The van der Waals surface area contributed by atoms with Gasteiger partial charge in [-0.05, 0) is 47.9 Å². The molecule has 2 heterocycles. The Hall–Kier alpha value is -4.26. The van der Waals surface area contributed by atoms with Crippen LogP contribution in [0.1, 0.15) is 42.5 Å². The van der Waals surface area contributed by atoms with Crippen LogP contribution in [0.4, 0.5) is 17.5 Å². The maximum Gasteiger partial charge on any atom is 0.304 e. The van der Waals surface area contributed by atoms with Gasteiger partial charge in [0.1, 0.15) is 5.82 Å². The monoisotopic (exact) mass is 467 g/mol. The lowest BCUT2D eigenvalue weighted by Crippen LogP contribution is -2.20. The first-order valence-corrected chi connectivity index (χ1v) is 11.7. The van der Waals surface area contributed by atoms with Crippen molar-refractivity contribution < 1.29 is 9.90 Å². The molecule has 0 saturated carbocycles. The molecule has 4 aromatic rings. The molecule has 2 N–H and O–H groups in total. The molecule has 0 fully saturated rings. The number of nitrogens with one attached hydrogen (secondary N) is 1. The molecule has 178 valence electrons. The lowest BCUT2D eigenvalue weighted by Gasteiger charge is -2.24. The summed E-state index contributed by atoms with van der Waals surface area (Å²) in [6.07, 6.45) is 4.22. The van der Waals surface area contributed by atoms with Gasteiger partial charge in [0.2, 0.25) is 5.95 Å². The lowest BCUT2D eigenvalue weighted by molar-refractivity contribution is -0.137. The van der Waals surface area contributed by atoms with E-state index in [0.717, 1.165) is 28.3 Å². The Morgan fingerprint density at radius 1 is 0.914 bits per heavy atom. The van der Waals surface area contributed by atoms with E-state index in [-0.39, 0.29) is 12.3 Å². The van der Waals surface area contributed by atoms with Crippen molar-refractivity contribution in [3.8, 4) is 0 Å². The van der Waals surface area contributed by atoms with Gasteiger partial charge < -0.3 is 15.3 Å². The summed E-state index contributed by atoms with van der Waals surface area (Å²) < 4.78 is 0. The van der Waals surface area contributed by atoms with Crippen molar-refractivity contribution in [2.75, 3.05) is 10.2 Å². The predicted molar refractivity (Wildman–Crippen MR) is 138 cm³/mol. The summed E-state index contributed by atoms with van der Waals surface area (Å²) in [7, 11) is 0. The van der Waals surface area contributed by atoms with Gasteiger partial charge in [0.15, 0.2) is 0 Å². The van der Waals surface area contributed by atoms with Crippen LogP contribution in [0.5, 0.6) is 0 Å². The Morgan fingerprint density at radius 3 is 2.37 bits per heavy atom. The van der Waals surface area contributed by atoms with Gasteiger partial charge in [-0.25, -0.2) is 15.0 Å². The van der Waals surface area contributed by atoms with Crippen LogP contribution in [0.3, 0.4) is 0 Å². The van der Waals surface area contributed by atoms with E-state index in [9.17, 15) is 9.90 Å². The molecule has 0 aliphatic carbocycles. The minimum absolute atomic E-state index is 0.0452. The number of benzene rings is 2. The van der Waals surface area contributed by atoms with Gasteiger partial charge in [0.25, 0.3) is 0 Å². The number of carboxylic acid groups (broad SMARTS) is 1. The Kier molecular flexibility index (Phi) is 8.01. The average Bonchev–Trinajstić information content (AvgIpc) is 2.91. The maximum atomic E-state index is 11.3. The van der Waals surface area contributed by atoms with E-state index in [1.54, 1.807) is 12.4 Å². The molecule has 4 rings (SSSR count). The molecule has 7 nitrogen and oxygen atoms in total. The predicted octanol–water partition coefficient (Wildman–Crippen LogP) is 5.79. The van der Waals surface area contributed by atoms with Gasteiger partial charge in [0.05, 0.1) is 13.0 Å². The normalized spacial score (nSPS) is 11.6. The van der Waals surface area contributed by atoms with Crippen LogP contribution in [-0.2, 0) is 17.9 Å². The van der Waals surface area contributed by atoms with E-state index in [1.165, 1.54) is 0 Å². The van der Waals surface area contributed by atoms with Crippen LogP contribution >= 0.6 is 0 Å². The number of nitrogens with zero attached hydrogens (tertiary/aromatic N) is 4. The number of rotatable bonds is 11. The first kappa shape index (κ1) is 23.9. The van der Waals surface area contributed by atoms with Crippen molar-refractivity contribution in [1.82, 2.24) is 15.0 Å². The molecule has 7 heteroatoms. The molecular formula is C28H29N5O2. The summed E-state index contributed by atoms with van der Waals surface area (Å²) in [5, 5.41) is 12.6. The molecule has 1 atom stereocenters. The molecule has 0 amide bonds. The zero-order valence-corrected chi connectivity index (χ0v) is 19.7. The van der Waals surface area contributed by atoms with E-state index in [0.29, 0.717) is 25.5 Å². The van der Waals surface area contributed by atoms with Crippen LogP contribution in [0.25, 0.3) is 0 Å². The molecule has 2 aromatic carbocycles. The summed E-state index contributed by atoms with van der Waals surface area (Å²) in [6, 6.07) is 26.0. The highest BCUT2D eigenvalue weighted by Gasteiger charge is 2.19. The van der Waals surface area contributed by atoms with Crippen LogP contribution < -0.4 is 10.2 Å². The van der Waals surface area contributed by atoms with E-state index in [4.69, 9.17) is 4.98 Å². The van der Waals surface area contributed by atoms with E-state index >= 15 is 0 Å². The van der Waals surface area contributed by atoms with Crippen LogP contribution in [0.15, 0.2) is 91.3 Å². The highest BCUT2D eigenvalue weighted by molar-refractivity contribution is 5.68. The smallest absolute Gasteiger partial charge is 0.304 e.